The van der Waals surface area contributed by atoms with E-state index in [-0.39, 0.29) is 35.6 Å². The summed E-state index contributed by atoms with van der Waals surface area (Å²) in [4.78, 5) is 43.8. The summed E-state index contributed by atoms with van der Waals surface area (Å²) in [5, 5.41) is 10.5. The van der Waals surface area contributed by atoms with Gasteiger partial charge < -0.3 is 19.8 Å². The number of halogens is 3. The SMILES string of the molecule is CN(C(=O)c1ccc(Cl)cc1)[C@@H]1CCN(C(=O)C2CCN(C(=O)CO)CC2)C[C@H]1c1ccc(Cl)c(Cl)c1. The molecule has 3 amide bonds. The Labute approximate surface area is 231 Å². The summed E-state index contributed by atoms with van der Waals surface area (Å²) in [6, 6.07) is 12.1. The number of aliphatic hydroxyl groups excluding tert-OH is 1. The highest BCUT2D eigenvalue weighted by Crippen LogP contribution is 2.35. The van der Waals surface area contributed by atoms with Gasteiger partial charge in [-0.2, -0.15) is 0 Å². The van der Waals surface area contributed by atoms with Crippen molar-refractivity contribution < 1.29 is 19.5 Å². The first-order chi connectivity index (χ1) is 17.7. The van der Waals surface area contributed by atoms with Crippen LogP contribution < -0.4 is 0 Å². The maximum Gasteiger partial charge on any atom is 0.253 e. The molecule has 2 heterocycles. The second-order valence-electron chi connectivity index (χ2n) is 9.66. The summed E-state index contributed by atoms with van der Waals surface area (Å²) in [5.41, 5.74) is 1.46. The molecule has 2 atom stereocenters. The van der Waals surface area contributed by atoms with Crippen molar-refractivity contribution in [2.75, 3.05) is 39.8 Å². The van der Waals surface area contributed by atoms with Crippen molar-refractivity contribution in [3.8, 4) is 0 Å². The van der Waals surface area contributed by atoms with Crippen molar-refractivity contribution in [1.82, 2.24) is 14.7 Å². The van der Waals surface area contributed by atoms with Gasteiger partial charge in [0.2, 0.25) is 11.8 Å². The van der Waals surface area contributed by atoms with Gasteiger partial charge >= 0.3 is 0 Å². The minimum absolute atomic E-state index is 0.0614. The van der Waals surface area contributed by atoms with Gasteiger partial charge in [-0.15, -0.1) is 0 Å². The first-order valence-corrected chi connectivity index (χ1v) is 13.5. The number of hydrogen-bond donors (Lipinski definition) is 1. The van der Waals surface area contributed by atoms with E-state index in [1.54, 1.807) is 47.2 Å². The third-order valence-electron chi connectivity index (χ3n) is 7.50. The molecule has 0 aliphatic carbocycles. The van der Waals surface area contributed by atoms with Crippen LogP contribution in [0.1, 0.15) is 41.1 Å². The Kier molecular flexibility index (Phi) is 9.01. The van der Waals surface area contributed by atoms with Crippen LogP contribution in [0.4, 0.5) is 0 Å². The molecule has 2 saturated heterocycles. The van der Waals surface area contributed by atoms with E-state index in [2.05, 4.69) is 0 Å². The Bertz CT molecular complexity index is 1150. The Morgan fingerprint density at radius 2 is 1.57 bits per heavy atom. The van der Waals surface area contributed by atoms with Crippen molar-refractivity contribution in [3.05, 3.63) is 68.7 Å². The maximum atomic E-state index is 13.5. The number of carbonyl (C=O) groups is 3. The lowest BCUT2D eigenvalue weighted by atomic mass is 9.83. The molecule has 4 rings (SSSR count). The van der Waals surface area contributed by atoms with E-state index < -0.39 is 6.61 Å². The second-order valence-corrected chi connectivity index (χ2v) is 10.9. The number of piperidine rings is 2. The predicted molar refractivity (Wildman–Crippen MR) is 144 cm³/mol. The Morgan fingerprint density at radius 1 is 0.919 bits per heavy atom. The van der Waals surface area contributed by atoms with E-state index in [1.165, 1.54) is 0 Å². The fraction of sp³-hybridized carbons (Fsp3) is 0.444. The highest BCUT2D eigenvalue weighted by molar-refractivity contribution is 6.42. The Hall–Kier alpha value is -2.32. The second kappa shape index (κ2) is 12.0. The first kappa shape index (κ1) is 27.7. The molecule has 2 fully saturated rings. The van der Waals surface area contributed by atoms with Crippen molar-refractivity contribution in [3.63, 3.8) is 0 Å². The number of nitrogens with zero attached hydrogens (tertiary/aromatic N) is 3. The van der Waals surface area contributed by atoms with Crippen LogP contribution in [0.3, 0.4) is 0 Å². The van der Waals surface area contributed by atoms with Crippen LogP contribution in [-0.4, -0.2) is 83.4 Å². The molecule has 0 spiro atoms. The molecule has 1 N–H and O–H groups in total. The summed E-state index contributed by atoms with van der Waals surface area (Å²) in [5.74, 6) is -0.703. The van der Waals surface area contributed by atoms with Crippen LogP contribution in [0.25, 0.3) is 0 Å². The minimum atomic E-state index is -0.514. The number of likely N-dealkylation sites (tertiary alicyclic amines) is 2. The van der Waals surface area contributed by atoms with Crippen LogP contribution in [0.2, 0.25) is 15.1 Å². The first-order valence-electron chi connectivity index (χ1n) is 12.3. The summed E-state index contributed by atoms with van der Waals surface area (Å²) < 4.78 is 0. The van der Waals surface area contributed by atoms with E-state index in [0.29, 0.717) is 66.1 Å². The zero-order valence-electron chi connectivity index (χ0n) is 20.6. The average molecular weight is 567 g/mol. The van der Waals surface area contributed by atoms with Crippen LogP contribution >= 0.6 is 34.8 Å². The predicted octanol–water partition coefficient (Wildman–Crippen LogP) is 4.33. The normalized spacial score (nSPS) is 20.6. The lowest BCUT2D eigenvalue weighted by molar-refractivity contribution is -0.143. The molecule has 37 heavy (non-hydrogen) atoms. The summed E-state index contributed by atoms with van der Waals surface area (Å²) in [6.45, 7) is 1.37. The highest BCUT2D eigenvalue weighted by Gasteiger charge is 2.39. The third-order valence-corrected chi connectivity index (χ3v) is 8.49. The molecule has 198 valence electrons. The highest BCUT2D eigenvalue weighted by atomic mass is 35.5. The van der Waals surface area contributed by atoms with E-state index in [0.717, 1.165) is 5.56 Å². The smallest absolute Gasteiger partial charge is 0.253 e. The van der Waals surface area contributed by atoms with Gasteiger partial charge in [0.15, 0.2) is 0 Å². The molecule has 10 heteroatoms. The molecule has 7 nitrogen and oxygen atoms in total. The molecule has 2 aliphatic rings. The quantitative estimate of drug-likeness (QED) is 0.584. The summed E-state index contributed by atoms with van der Waals surface area (Å²) in [7, 11) is 1.79. The lowest BCUT2D eigenvalue weighted by Crippen LogP contribution is -2.53. The van der Waals surface area contributed by atoms with Gasteiger partial charge in [-0.05, 0) is 61.2 Å². The monoisotopic (exact) mass is 565 g/mol. The molecular weight excluding hydrogens is 537 g/mol. The maximum absolute atomic E-state index is 13.5. The zero-order valence-corrected chi connectivity index (χ0v) is 22.8. The number of amides is 3. The third kappa shape index (κ3) is 6.23. The summed E-state index contributed by atoms with van der Waals surface area (Å²) >= 11 is 18.5. The van der Waals surface area contributed by atoms with Gasteiger partial charge in [0.05, 0.1) is 10.0 Å². The Balaban J connectivity index is 1.53. The molecular formula is C27H30Cl3N3O4. The zero-order chi connectivity index (χ0) is 26.7. The lowest BCUT2D eigenvalue weighted by Gasteiger charge is -2.44. The van der Waals surface area contributed by atoms with Crippen molar-refractivity contribution in [2.24, 2.45) is 5.92 Å². The van der Waals surface area contributed by atoms with Gasteiger partial charge in [0.1, 0.15) is 6.61 Å². The molecule has 2 aromatic rings. The topological polar surface area (TPSA) is 81.2 Å². The molecule has 0 saturated carbocycles. The fourth-order valence-corrected chi connectivity index (χ4v) is 5.79. The van der Waals surface area contributed by atoms with Gasteiger partial charge in [0.25, 0.3) is 5.91 Å². The van der Waals surface area contributed by atoms with E-state index in [1.807, 2.05) is 17.0 Å². The number of aliphatic hydroxyl groups is 1. The van der Waals surface area contributed by atoms with Gasteiger partial charge in [-0.1, -0.05) is 40.9 Å². The molecule has 0 unspecified atom stereocenters. The Morgan fingerprint density at radius 3 is 2.19 bits per heavy atom. The molecule has 2 aromatic carbocycles. The molecule has 0 aromatic heterocycles. The van der Waals surface area contributed by atoms with E-state index in [4.69, 9.17) is 39.9 Å². The number of likely N-dealkylation sites (N-methyl/N-ethyl adjacent to an activating group) is 1. The molecule has 2 aliphatic heterocycles. The average Bonchev–Trinajstić information content (AvgIpc) is 2.93. The van der Waals surface area contributed by atoms with Gasteiger partial charge in [0, 0.05) is 61.7 Å². The van der Waals surface area contributed by atoms with Crippen LogP contribution in [0, 0.1) is 5.92 Å². The van der Waals surface area contributed by atoms with Crippen LogP contribution in [0.15, 0.2) is 42.5 Å². The fourth-order valence-electron chi connectivity index (χ4n) is 5.35. The number of hydrogen-bond acceptors (Lipinski definition) is 4. The molecule has 0 radical (unpaired) electrons. The molecule has 0 bridgehead atoms. The van der Waals surface area contributed by atoms with E-state index in [9.17, 15) is 14.4 Å². The van der Waals surface area contributed by atoms with Gasteiger partial charge in [-0.25, -0.2) is 0 Å². The number of rotatable bonds is 5. The van der Waals surface area contributed by atoms with Crippen molar-refractivity contribution in [1.29, 1.82) is 0 Å². The standard InChI is InChI=1S/C27H30Cl3N3O4/c1-31(26(36)17-2-5-20(28)6-3-17)24-10-13-33(15-21(24)19-4-7-22(29)23(30)14-19)27(37)18-8-11-32(12-9-18)25(35)16-34/h2-7,14,18,21,24,34H,8-13,15-16H2,1H3/t21-,24+/m0/s1. The van der Waals surface area contributed by atoms with E-state index >= 15 is 0 Å². The van der Waals surface area contributed by atoms with Crippen molar-refractivity contribution in [2.45, 2.75) is 31.2 Å². The van der Waals surface area contributed by atoms with Crippen LogP contribution in [0.5, 0.6) is 0 Å². The number of carbonyl (C=O) groups excluding carboxylic acids is 3. The van der Waals surface area contributed by atoms with Gasteiger partial charge in [-0.3, -0.25) is 14.4 Å². The largest absolute Gasteiger partial charge is 0.387 e. The van der Waals surface area contributed by atoms with Crippen LogP contribution in [-0.2, 0) is 9.59 Å². The minimum Gasteiger partial charge on any atom is -0.387 e. The summed E-state index contributed by atoms with van der Waals surface area (Å²) in [6.07, 6.45) is 1.74. The van der Waals surface area contributed by atoms with Crippen molar-refractivity contribution >= 4 is 52.5 Å². The number of benzene rings is 2.